The average Bonchev–Trinajstić information content (AvgIpc) is 3.06. The second kappa shape index (κ2) is 8.42. The second-order valence-electron chi connectivity index (χ2n) is 8.56. The third-order valence-electron chi connectivity index (χ3n) is 5.97. The van der Waals surface area contributed by atoms with E-state index in [9.17, 15) is 9.59 Å². The Morgan fingerprint density at radius 2 is 2.11 bits per heavy atom. The summed E-state index contributed by atoms with van der Waals surface area (Å²) < 4.78 is 1.77. The molecule has 0 bridgehead atoms. The van der Waals surface area contributed by atoms with Crippen LogP contribution in [0.15, 0.2) is 12.4 Å². The van der Waals surface area contributed by atoms with Crippen molar-refractivity contribution in [3.05, 3.63) is 18.0 Å². The molecule has 7 nitrogen and oxygen atoms in total. The van der Waals surface area contributed by atoms with Gasteiger partial charge in [-0.05, 0) is 45.3 Å². The second-order valence-corrected chi connectivity index (χ2v) is 8.56. The van der Waals surface area contributed by atoms with Crippen molar-refractivity contribution in [2.75, 3.05) is 46.8 Å². The zero-order chi connectivity index (χ0) is 19.4. The van der Waals surface area contributed by atoms with Gasteiger partial charge in [-0.15, -0.1) is 0 Å². The number of aryl methyl sites for hydroxylation is 2. The number of carbonyl (C=O) groups is 2. The van der Waals surface area contributed by atoms with Crippen LogP contribution < -0.4 is 0 Å². The predicted octanol–water partition coefficient (Wildman–Crippen LogP) is 1.15. The standard InChI is InChI=1S/C20H33N5O2/c1-22(2)11-12-25-16-20(9-7-19(25)27)8-4-10-24(15-20)18(26)6-5-17-13-21-23(3)14-17/h13-14H,4-12,15-16H2,1-3H3. The van der Waals surface area contributed by atoms with Gasteiger partial charge in [-0.2, -0.15) is 5.10 Å². The summed E-state index contributed by atoms with van der Waals surface area (Å²) in [6.07, 6.45) is 8.76. The fourth-order valence-corrected chi connectivity index (χ4v) is 4.39. The van der Waals surface area contributed by atoms with Crippen LogP contribution in [0.4, 0.5) is 0 Å². The summed E-state index contributed by atoms with van der Waals surface area (Å²) in [5.41, 5.74) is 1.19. The molecular weight excluding hydrogens is 342 g/mol. The number of carbonyl (C=O) groups excluding carboxylic acids is 2. The highest BCUT2D eigenvalue weighted by atomic mass is 16.2. The molecule has 150 valence electrons. The van der Waals surface area contributed by atoms with E-state index in [0.29, 0.717) is 12.8 Å². The third-order valence-corrected chi connectivity index (χ3v) is 5.97. The molecule has 0 saturated carbocycles. The van der Waals surface area contributed by atoms with Gasteiger partial charge < -0.3 is 14.7 Å². The van der Waals surface area contributed by atoms with Gasteiger partial charge in [0.1, 0.15) is 0 Å². The molecule has 3 rings (SSSR count). The van der Waals surface area contributed by atoms with Gasteiger partial charge in [-0.25, -0.2) is 0 Å². The lowest BCUT2D eigenvalue weighted by atomic mass is 9.73. The van der Waals surface area contributed by atoms with Gasteiger partial charge in [0.2, 0.25) is 11.8 Å². The number of hydrogen-bond donors (Lipinski definition) is 0. The first kappa shape index (κ1) is 19.9. The van der Waals surface area contributed by atoms with E-state index >= 15 is 0 Å². The Bertz CT molecular complexity index is 671. The van der Waals surface area contributed by atoms with Crippen LogP contribution in [0.5, 0.6) is 0 Å². The van der Waals surface area contributed by atoms with Gasteiger partial charge in [0.15, 0.2) is 0 Å². The van der Waals surface area contributed by atoms with Crippen LogP contribution in [-0.2, 0) is 23.1 Å². The topological polar surface area (TPSA) is 61.7 Å². The van der Waals surface area contributed by atoms with Crippen molar-refractivity contribution in [3.8, 4) is 0 Å². The van der Waals surface area contributed by atoms with E-state index in [2.05, 4.69) is 10.00 Å². The largest absolute Gasteiger partial charge is 0.342 e. The zero-order valence-corrected chi connectivity index (χ0v) is 17.0. The first-order valence-electron chi connectivity index (χ1n) is 10.0. The van der Waals surface area contributed by atoms with E-state index in [0.717, 1.165) is 64.0 Å². The number of aromatic nitrogens is 2. The Hall–Kier alpha value is -1.89. The van der Waals surface area contributed by atoms with Gasteiger partial charge in [0, 0.05) is 64.2 Å². The molecule has 1 atom stereocenters. The average molecular weight is 376 g/mol. The van der Waals surface area contributed by atoms with Crippen LogP contribution >= 0.6 is 0 Å². The van der Waals surface area contributed by atoms with Gasteiger partial charge in [-0.3, -0.25) is 14.3 Å². The summed E-state index contributed by atoms with van der Waals surface area (Å²) in [5, 5.41) is 4.17. The number of amides is 2. The van der Waals surface area contributed by atoms with E-state index in [1.807, 2.05) is 43.3 Å². The van der Waals surface area contributed by atoms with Crippen molar-refractivity contribution in [1.82, 2.24) is 24.5 Å². The van der Waals surface area contributed by atoms with Gasteiger partial charge in [0.05, 0.1) is 6.20 Å². The SMILES string of the molecule is CN(C)CCN1CC2(CCCN(C(=O)CCc3cnn(C)c3)C2)CCC1=O. The molecule has 2 fully saturated rings. The molecule has 1 aromatic rings. The molecule has 1 spiro atoms. The monoisotopic (exact) mass is 375 g/mol. The van der Waals surface area contributed by atoms with Crippen LogP contribution in [0.1, 0.15) is 37.7 Å². The van der Waals surface area contributed by atoms with Crippen LogP contribution in [0.25, 0.3) is 0 Å². The maximum atomic E-state index is 12.8. The Morgan fingerprint density at radius 1 is 1.30 bits per heavy atom. The van der Waals surface area contributed by atoms with Crippen molar-refractivity contribution >= 4 is 11.8 Å². The Balaban J connectivity index is 1.57. The van der Waals surface area contributed by atoms with E-state index in [1.165, 1.54) is 0 Å². The van der Waals surface area contributed by atoms with Crippen LogP contribution in [0, 0.1) is 5.41 Å². The third kappa shape index (κ3) is 5.09. The molecule has 0 aromatic carbocycles. The molecule has 2 amide bonds. The Labute approximate surface area is 162 Å². The predicted molar refractivity (Wildman–Crippen MR) is 104 cm³/mol. The fraction of sp³-hybridized carbons (Fsp3) is 0.750. The minimum absolute atomic E-state index is 0.0857. The molecule has 1 aromatic heterocycles. The van der Waals surface area contributed by atoms with Crippen molar-refractivity contribution in [1.29, 1.82) is 0 Å². The maximum Gasteiger partial charge on any atom is 0.222 e. The molecule has 2 saturated heterocycles. The van der Waals surface area contributed by atoms with Crippen molar-refractivity contribution in [2.24, 2.45) is 12.5 Å². The highest BCUT2D eigenvalue weighted by Crippen LogP contribution is 2.39. The van der Waals surface area contributed by atoms with E-state index in [1.54, 1.807) is 4.68 Å². The number of likely N-dealkylation sites (N-methyl/N-ethyl adjacent to an activating group) is 1. The number of piperidine rings is 2. The van der Waals surface area contributed by atoms with Crippen molar-refractivity contribution < 1.29 is 9.59 Å². The Morgan fingerprint density at radius 3 is 2.81 bits per heavy atom. The normalized spacial score (nSPS) is 23.5. The fourth-order valence-electron chi connectivity index (χ4n) is 4.39. The van der Waals surface area contributed by atoms with Crippen LogP contribution in [0.3, 0.4) is 0 Å². The maximum absolute atomic E-state index is 12.8. The van der Waals surface area contributed by atoms with Gasteiger partial charge in [-0.1, -0.05) is 0 Å². The van der Waals surface area contributed by atoms with E-state index in [-0.39, 0.29) is 17.2 Å². The van der Waals surface area contributed by atoms with Crippen molar-refractivity contribution in [2.45, 2.75) is 38.5 Å². The summed E-state index contributed by atoms with van der Waals surface area (Å²) >= 11 is 0. The minimum Gasteiger partial charge on any atom is -0.342 e. The van der Waals surface area contributed by atoms with E-state index < -0.39 is 0 Å². The Kier molecular flexibility index (Phi) is 6.19. The lowest BCUT2D eigenvalue weighted by Gasteiger charge is -2.48. The summed E-state index contributed by atoms with van der Waals surface area (Å²) in [4.78, 5) is 31.3. The molecule has 3 heterocycles. The molecule has 7 heteroatoms. The highest BCUT2D eigenvalue weighted by Gasteiger charge is 2.42. The summed E-state index contributed by atoms with van der Waals surface area (Å²) in [7, 11) is 5.97. The first-order chi connectivity index (χ1) is 12.9. The van der Waals surface area contributed by atoms with Crippen LogP contribution in [0.2, 0.25) is 0 Å². The molecule has 2 aliphatic rings. The molecule has 27 heavy (non-hydrogen) atoms. The lowest BCUT2D eigenvalue weighted by Crippen LogP contribution is -2.55. The van der Waals surface area contributed by atoms with Crippen molar-refractivity contribution in [3.63, 3.8) is 0 Å². The quantitative estimate of drug-likeness (QED) is 0.748. The molecule has 0 radical (unpaired) electrons. The summed E-state index contributed by atoms with van der Waals surface area (Å²) in [5.74, 6) is 0.497. The zero-order valence-electron chi connectivity index (χ0n) is 17.0. The molecular formula is C20H33N5O2. The van der Waals surface area contributed by atoms with E-state index in [4.69, 9.17) is 0 Å². The van der Waals surface area contributed by atoms with Crippen LogP contribution in [-0.4, -0.2) is 83.1 Å². The number of nitrogens with zero attached hydrogens (tertiary/aromatic N) is 5. The number of rotatable bonds is 6. The summed E-state index contributed by atoms with van der Waals surface area (Å²) in [6, 6.07) is 0. The molecule has 2 aliphatic heterocycles. The highest BCUT2D eigenvalue weighted by molar-refractivity contribution is 5.78. The minimum atomic E-state index is 0.0857. The molecule has 0 aliphatic carbocycles. The smallest absolute Gasteiger partial charge is 0.222 e. The number of likely N-dealkylation sites (tertiary alicyclic amines) is 2. The summed E-state index contributed by atoms with van der Waals surface area (Å²) in [6.45, 7) is 4.11. The first-order valence-corrected chi connectivity index (χ1v) is 10.0. The number of hydrogen-bond acceptors (Lipinski definition) is 4. The van der Waals surface area contributed by atoms with Gasteiger partial charge in [0.25, 0.3) is 0 Å². The molecule has 1 unspecified atom stereocenters. The lowest BCUT2D eigenvalue weighted by molar-refractivity contribution is -0.143. The van der Waals surface area contributed by atoms with Gasteiger partial charge >= 0.3 is 0 Å². The molecule has 0 N–H and O–H groups in total.